The van der Waals surface area contributed by atoms with E-state index in [4.69, 9.17) is 9.05 Å². The molecule has 8 nitrogen and oxygen atoms in total. The van der Waals surface area contributed by atoms with Crippen molar-refractivity contribution < 1.29 is 32.9 Å². The molecule has 1 amide bonds. The molecule has 0 aliphatic carbocycles. The summed E-state index contributed by atoms with van der Waals surface area (Å²) in [6.45, 7) is 4.20. The Hall–Kier alpha value is -1.02. The van der Waals surface area contributed by atoms with Gasteiger partial charge in [0.25, 0.3) is 0 Å². The van der Waals surface area contributed by atoms with Gasteiger partial charge in [-0.3, -0.25) is 13.8 Å². The van der Waals surface area contributed by atoms with Crippen molar-refractivity contribution in [2.75, 3.05) is 40.9 Å². The number of hydrogen-bond donors (Lipinski definition) is 3. The Kier molecular flexibility index (Phi) is 23.0. The number of carbonyl (C=O) groups is 1. The average Bonchev–Trinajstić information content (AvgIpc) is 2.87. The molecule has 0 radical (unpaired) electrons. The van der Waals surface area contributed by atoms with Gasteiger partial charge < -0.3 is 19.8 Å². The molecule has 0 fully saturated rings. The third-order valence-corrected chi connectivity index (χ3v) is 7.47. The van der Waals surface area contributed by atoms with E-state index in [0.717, 1.165) is 19.3 Å². The molecule has 3 atom stereocenters. The SMILES string of the molecule is CCCCCCCCCCCCC/C=C/CC/C=C/C(O)C(COP(=O)(O)OCC[N+](C)(C)C)NC(=O)CC. The topological polar surface area (TPSA) is 105 Å². The molecule has 230 valence electrons. The Morgan fingerprint density at radius 1 is 0.846 bits per heavy atom. The molecule has 0 saturated carbocycles. The fourth-order valence-electron chi connectivity index (χ4n) is 3.90. The van der Waals surface area contributed by atoms with Gasteiger partial charge in [0, 0.05) is 6.42 Å². The Morgan fingerprint density at radius 2 is 1.38 bits per heavy atom. The fraction of sp³-hybridized carbons (Fsp3) is 0.833. The number of phosphoric acid groups is 1. The molecule has 0 aromatic carbocycles. The van der Waals surface area contributed by atoms with E-state index in [0.29, 0.717) is 11.0 Å². The van der Waals surface area contributed by atoms with Gasteiger partial charge in [-0.2, -0.15) is 0 Å². The number of nitrogens with zero attached hydrogens (tertiary/aromatic N) is 1. The van der Waals surface area contributed by atoms with E-state index >= 15 is 0 Å². The quantitative estimate of drug-likeness (QED) is 0.0460. The summed E-state index contributed by atoms with van der Waals surface area (Å²) in [6.07, 6.45) is 24.6. The summed E-state index contributed by atoms with van der Waals surface area (Å²) in [7, 11) is 1.54. The average molecular weight is 576 g/mol. The molecular weight excluding hydrogens is 515 g/mol. The summed E-state index contributed by atoms with van der Waals surface area (Å²) in [5.74, 6) is -0.278. The second-order valence-corrected chi connectivity index (χ2v) is 12.9. The number of carbonyl (C=O) groups excluding carboxylic acids is 1. The van der Waals surface area contributed by atoms with Crippen molar-refractivity contribution in [1.29, 1.82) is 0 Å². The first kappa shape index (κ1) is 38.0. The molecule has 0 aromatic heterocycles. The molecule has 3 N–H and O–H groups in total. The molecule has 3 unspecified atom stereocenters. The Balaban J connectivity index is 4.18. The number of allylic oxidation sites excluding steroid dienone is 3. The van der Waals surface area contributed by atoms with Crippen molar-refractivity contribution in [3.05, 3.63) is 24.3 Å². The van der Waals surface area contributed by atoms with Gasteiger partial charge >= 0.3 is 7.82 Å². The number of rotatable bonds is 26. The van der Waals surface area contributed by atoms with Gasteiger partial charge in [0.05, 0.1) is 39.9 Å². The molecule has 0 spiro atoms. The number of likely N-dealkylation sites (N-methyl/N-ethyl adjacent to an activating group) is 1. The number of aliphatic hydroxyl groups excluding tert-OH is 1. The predicted octanol–water partition coefficient (Wildman–Crippen LogP) is 6.68. The standard InChI is InChI=1S/C30H59N2O6P/c1-6-8-9-10-11-12-13-14-15-16-17-18-19-20-21-22-23-24-29(33)28(31-30(34)7-2)27-38-39(35,36)37-26-25-32(3,4)5/h19-20,23-24,28-29,33H,6-18,21-22,25-27H2,1-5H3,(H-,31,34,35,36)/p+1/b20-19+,24-23+. The Labute approximate surface area is 239 Å². The first-order valence-corrected chi connectivity index (χ1v) is 16.7. The van der Waals surface area contributed by atoms with Crippen LogP contribution in [0.1, 0.15) is 110 Å². The number of hydrogen-bond acceptors (Lipinski definition) is 5. The molecule has 0 aliphatic heterocycles. The second kappa shape index (κ2) is 23.7. The van der Waals surface area contributed by atoms with Crippen LogP contribution in [0.4, 0.5) is 0 Å². The summed E-state index contributed by atoms with van der Waals surface area (Å²) >= 11 is 0. The number of amides is 1. The lowest BCUT2D eigenvalue weighted by Gasteiger charge is -2.25. The van der Waals surface area contributed by atoms with E-state index < -0.39 is 20.0 Å². The molecule has 9 heteroatoms. The van der Waals surface area contributed by atoms with E-state index in [1.165, 1.54) is 70.6 Å². The van der Waals surface area contributed by atoms with Crippen LogP contribution in [0.15, 0.2) is 24.3 Å². The molecular formula is C30H60N2O6P+. The zero-order valence-electron chi connectivity index (χ0n) is 25.6. The zero-order valence-corrected chi connectivity index (χ0v) is 26.5. The minimum Gasteiger partial charge on any atom is -0.387 e. The van der Waals surface area contributed by atoms with Gasteiger partial charge in [0.2, 0.25) is 5.91 Å². The van der Waals surface area contributed by atoms with Crippen LogP contribution in [-0.4, -0.2) is 73.4 Å². The summed E-state index contributed by atoms with van der Waals surface area (Å²) < 4.78 is 22.9. The van der Waals surface area contributed by atoms with Crippen LogP contribution in [0.5, 0.6) is 0 Å². The van der Waals surface area contributed by atoms with Crippen LogP contribution in [0.25, 0.3) is 0 Å². The van der Waals surface area contributed by atoms with Gasteiger partial charge in [0.15, 0.2) is 0 Å². The van der Waals surface area contributed by atoms with Crippen LogP contribution in [0.3, 0.4) is 0 Å². The van der Waals surface area contributed by atoms with Crippen molar-refractivity contribution in [2.45, 2.75) is 122 Å². The maximum Gasteiger partial charge on any atom is 0.472 e. The molecule has 0 heterocycles. The molecule has 0 rings (SSSR count). The highest BCUT2D eigenvalue weighted by Gasteiger charge is 2.27. The minimum atomic E-state index is -4.29. The van der Waals surface area contributed by atoms with E-state index in [2.05, 4.69) is 24.4 Å². The highest BCUT2D eigenvalue weighted by molar-refractivity contribution is 7.47. The van der Waals surface area contributed by atoms with Gasteiger partial charge in [-0.25, -0.2) is 4.57 Å². The molecule has 0 saturated heterocycles. The lowest BCUT2D eigenvalue weighted by Crippen LogP contribution is -2.45. The number of nitrogens with one attached hydrogen (secondary N) is 1. The summed E-state index contributed by atoms with van der Waals surface area (Å²) in [6, 6.07) is -0.854. The lowest BCUT2D eigenvalue weighted by molar-refractivity contribution is -0.870. The number of aliphatic hydroxyl groups is 1. The van der Waals surface area contributed by atoms with Gasteiger partial charge in [-0.15, -0.1) is 0 Å². The van der Waals surface area contributed by atoms with E-state index in [1.807, 2.05) is 27.2 Å². The lowest BCUT2D eigenvalue weighted by atomic mass is 10.1. The number of phosphoric ester groups is 1. The van der Waals surface area contributed by atoms with Crippen molar-refractivity contribution in [1.82, 2.24) is 5.32 Å². The highest BCUT2D eigenvalue weighted by atomic mass is 31.2. The number of quaternary nitrogens is 1. The zero-order chi connectivity index (χ0) is 29.4. The van der Waals surface area contributed by atoms with Crippen LogP contribution in [-0.2, 0) is 18.4 Å². The Bertz CT molecular complexity index is 708. The molecule has 0 aliphatic rings. The first-order chi connectivity index (χ1) is 18.5. The summed E-state index contributed by atoms with van der Waals surface area (Å²) in [4.78, 5) is 21.8. The normalized spacial score (nSPS) is 15.6. The first-order valence-electron chi connectivity index (χ1n) is 15.2. The highest BCUT2D eigenvalue weighted by Crippen LogP contribution is 2.43. The molecule has 0 aromatic rings. The largest absolute Gasteiger partial charge is 0.472 e. The summed E-state index contributed by atoms with van der Waals surface area (Å²) in [5, 5.41) is 13.2. The van der Waals surface area contributed by atoms with E-state index in [-0.39, 0.29) is 25.5 Å². The third kappa shape index (κ3) is 25.7. The summed E-state index contributed by atoms with van der Waals surface area (Å²) in [5.41, 5.74) is 0. The minimum absolute atomic E-state index is 0.0541. The maximum atomic E-state index is 12.2. The van der Waals surface area contributed by atoms with Gasteiger partial charge in [-0.1, -0.05) is 102 Å². The van der Waals surface area contributed by atoms with Crippen molar-refractivity contribution >= 4 is 13.7 Å². The van der Waals surface area contributed by atoms with Crippen LogP contribution >= 0.6 is 7.82 Å². The van der Waals surface area contributed by atoms with Crippen LogP contribution in [0, 0.1) is 0 Å². The van der Waals surface area contributed by atoms with Crippen LogP contribution < -0.4 is 5.32 Å². The van der Waals surface area contributed by atoms with Crippen LogP contribution in [0.2, 0.25) is 0 Å². The molecule has 39 heavy (non-hydrogen) atoms. The predicted molar refractivity (Wildman–Crippen MR) is 161 cm³/mol. The third-order valence-electron chi connectivity index (χ3n) is 6.49. The van der Waals surface area contributed by atoms with Crippen molar-refractivity contribution in [3.63, 3.8) is 0 Å². The monoisotopic (exact) mass is 575 g/mol. The van der Waals surface area contributed by atoms with E-state index in [1.54, 1.807) is 13.0 Å². The second-order valence-electron chi connectivity index (χ2n) is 11.4. The molecule has 0 bridgehead atoms. The van der Waals surface area contributed by atoms with Crippen molar-refractivity contribution in [2.24, 2.45) is 0 Å². The smallest absolute Gasteiger partial charge is 0.387 e. The van der Waals surface area contributed by atoms with Gasteiger partial charge in [-0.05, 0) is 25.7 Å². The van der Waals surface area contributed by atoms with E-state index in [9.17, 15) is 19.4 Å². The van der Waals surface area contributed by atoms with Gasteiger partial charge in [0.1, 0.15) is 13.2 Å². The fourth-order valence-corrected chi connectivity index (χ4v) is 4.64. The Morgan fingerprint density at radius 3 is 1.95 bits per heavy atom. The number of unbranched alkanes of at least 4 members (excludes halogenated alkanes) is 12. The van der Waals surface area contributed by atoms with Crippen molar-refractivity contribution in [3.8, 4) is 0 Å². The maximum absolute atomic E-state index is 12.2.